The first-order valence-electron chi connectivity index (χ1n) is 7.68. The van der Waals surface area contributed by atoms with Gasteiger partial charge in [0, 0.05) is 6.54 Å². The predicted octanol–water partition coefficient (Wildman–Crippen LogP) is 2.02. The van der Waals surface area contributed by atoms with Crippen LogP contribution in [0.2, 0.25) is 0 Å². The van der Waals surface area contributed by atoms with Gasteiger partial charge in [0.15, 0.2) is 0 Å². The van der Waals surface area contributed by atoms with Gasteiger partial charge in [-0.25, -0.2) is 5.43 Å². The molecule has 2 aromatic rings. The average molecular weight is 337 g/mol. The molecule has 0 unspecified atom stereocenters. The third-order valence-corrected chi connectivity index (χ3v) is 3.10. The van der Waals surface area contributed by atoms with E-state index in [0.29, 0.717) is 12.4 Å². The smallest absolute Gasteiger partial charge is 0.329 e. The lowest BCUT2D eigenvalue weighted by Crippen LogP contribution is -2.37. The molecule has 6 heteroatoms. The van der Waals surface area contributed by atoms with Gasteiger partial charge in [-0.2, -0.15) is 5.10 Å². The molecule has 0 atom stereocenters. The van der Waals surface area contributed by atoms with E-state index in [1.54, 1.807) is 6.07 Å². The van der Waals surface area contributed by atoms with Crippen molar-refractivity contribution in [3.63, 3.8) is 0 Å². The minimum Gasteiger partial charge on any atom is -0.489 e. The lowest BCUT2D eigenvalue weighted by molar-refractivity contribution is -0.139. The van der Waals surface area contributed by atoms with E-state index in [9.17, 15) is 9.59 Å². The topological polar surface area (TPSA) is 79.8 Å². The second-order valence-electron chi connectivity index (χ2n) is 5.04. The van der Waals surface area contributed by atoms with E-state index in [4.69, 9.17) is 4.74 Å². The van der Waals surface area contributed by atoms with Crippen molar-refractivity contribution >= 4 is 18.0 Å². The largest absolute Gasteiger partial charge is 0.489 e. The van der Waals surface area contributed by atoms with E-state index in [2.05, 4.69) is 22.4 Å². The molecule has 25 heavy (non-hydrogen) atoms. The summed E-state index contributed by atoms with van der Waals surface area (Å²) < 4.78 is 5.72. The van der Waals surface area contributed by atoms with E-state index >= 15 is 0 Å². The molecule has 0 aliphatic carbocycles. The summed E-state index contributed by atoms with van der Waals surface area (Å²) in [5.74, 6) is -0.922. The van der Waals surface area contributed by atoms with Crippen LogP contribution in [-0.2, 0) is 16.2 Å². The van der Waals surface area contributed by atoms with Crippen LogP contribution < -0.4 is 15.5 Å². The van der Waals surface area contributed by atoms with Crippen molar-refractivity contribution in [3.05, 3.63) is 78.4 Å². The van der Waals surface area contributed by atoms with Gasteiger partial charge >= 0.3 is 11.8 Å². The molecule has 0 heterocycles. The fourth-order valence-corrected chi connectivity index (χ4v) is 1.89. The molecule has 0 aliphatic rings. The monoisotopic (exact) mass is 337 g/mol. The van der Waals surface area contributed by atoms with Crippen molar-refractivity contribution < 1.29 is 14.3 Å². The Labute approximate surface area is 146 Å². The van der Waals surface area contributed by atoms with Crippen LogP contribution in [0.1, 0.15) is 11.1 Å². The van der Waals surface area contributed by atoms with E-state index in [1.807, 2.05) is 48.5 Å². The Bertz CT molecular complexity index is 758. The van der Waals surface area contributed by atoms with Crippen molar-refractivity contribution in [2.45, 2.75) is 6.61 Å². The number of nitrogens with one attached hydrogen (secondary N) is 2. The van der Waals surface area contributed by atoms with Crippen molar-refractivity contribution in [2.24, 2.45) is 5.10 Å². The summed E-state index contributed by atoms with van der Waals surface area (Å²) >= 11 is 0. The molecule has 0 spiro atoms. The van der Waals surface area contributed by atoms with Gasteiger partial charge in [0.1, 0.15) is 12.4 Å². The number of amides is 2. The molecule has 0 bridgehead atoms. The zero-order valence-electron chi connectivity index (χ0n) is 13.6. The quantitative estimate of drug-likeness (QED) is 0.351. The highest BCUT2D eigenvalue weighted by Gasteiger charge is 2.10. The number of hydrazone groups is 1. The molecule has 128 valence electrons. The highest BCUT2D eigenvalue weighted by atomic mass is 16.5. The second-order valence-corrected chi connectivity index (χ2v) is 5.04. The Morgan fingerprint density at radius 1 is 1.08 bits per heavy atom. The second kappa shape index (κ2) is 9.67. The SMILES string of the molecule is C=CCNC(=O)C(=O)N/N=C\c1cccc(OCc2ccccc2)c1. The van der Waals surface area contributed by atoms with Gasteiger partial charge < -0.3 is 10.1 Å². The number of nitrogens with zero attached hydrogens (tertiary/aromatic N) is 1. The Morgan fingerprint density at radius 2 is 1.88 bits per heavy atom. The van der Waals surface area contributed by atoms with Crippen molar-refractivity contribution in [3.8, 4) is 5.75 Å². The number of hydrogen-bond acceptors (Lipinski definition) is 4. The summed E-state index contributed by atoms with van der Waals surface area (Å²) in [5.41, 5.74) is 3.96. The first-order chi connectivity index (χ1) is 12.2. The Balaban J connectivity index is 1.87. The summed E-state index contributed by atoms with van der Waals surface area (Å²) in [4.78, 5) is 22.8. The maximum absolute atomic E-state index is 11.5. The molecular weight excluding hydrogens is 318 g/mol. The van der Waals surface area contributed by atoms with Crippen LogP contribution in [0.4, 0.5) is 0 Å². The molecule has 2 aromatic carbocycles. The van der Waals surface area contributed by atoms with Gasteiger partial charge in [0.05, 0.1) is 6.21 Å². The van der Waals surface area contributed by atoms with E-state index in [1.165, 1.54) is 12.3 Å². The number of hydrogen-bond donors (Lipinski definition) is 2. The van der Waals surface area contributed by atoms with Crippen LogP contribution in [0.3, 0.4) is 0 Å². The third-order valence-electron chi connectivity index (χ3n) is 3.10. The lowest BCUT2D eigenvalue weighted by atomic mass is 10.2. The molecule has 0 aromatic heterocycles. The predicted molar refractivity (Wildman–Crippen MR) is 96.2 cm³/mol. The van der Waals surface area contributed by atoms with Crippen LogP contribution >= 0.6 is 0 Å². The average Bonchev–Trinajstić information content (AvgIpc) is 2.65. The molecule has 2 rings (SSSR count). The summed E-state index contributed by atoms with van der Waals surface area (Å²) in [7, 11) is 0. The minimum atomic E-state index is -0.838. The molecule has 0 saturated heterocycles. The fraction of sp³-hybridized carbons (Fsp3) is 0.105. The number of carbonyl (C=O) groups excluding carboxylic acids is 2. The lowest BCUT2D eigenvalue weighted by Gasteiger charge is -2.06. The van der Waals surface area contributed by atoms with Crippen molar-refractivity contribution in [2.75, 3.05) is 6.54 Å². The molecule has 0 fully saturated rings. The first kappa shape index (κ1) is 17.9. The summed E-state index contributed by atoms with van der Waals surface area (Å²) in [5, 5.41) is 6.12. The highest BCUT2D eigenvalue weighted by Crippen LogP contribution is 2.14. The maximum Gasteiger partial charge on any atom is 0.329 e. The summed E-state index contributed by atoms with van der Waals surface area (Å²) in [6.45, 7) is 4.13. The molecule has 0 radical (unpaired) electrons. The van der Waals surface area contributed by atoms with Crippen LogP contribution in [0, 0.1) is 0 Å². The molecule has 6 nitrogen and oxygen atoms in total. The van der Waals surface area contributed by atoms with Gasteiger partial charge in [-0.15, -0.1) is 6.58 Å². The van der Waals surface area contributed by atoms with E-state index in [0.717, 1.165) is 11.1 Å². The van der Waals surface area contributed by atoms with Crippen LogP contribution in [0.25, 0.3) is 0 Å². The van der Waals surface area contributed by atoms with E-state index in [-0.39, 0.29) is 6.54 Å². The molecular formula is C19H19N3O3. The Hall–Kier alpha value is -3.41. The van der Waals surface area contributed by atoms with Crippen molar-refractivity contribution in [1.82, 2.24) is 10.7 Å². The zero-order chi connectivity index (χ0) is 17.9. The molecule has 0 aliphatic heterocycles. The normalized spacial score (nSPS) is 10.2. The molecule has 2 N–H and O–H groups in total. The Morgan fingerprint density at radius 3 is 2.64 bits per heavy atom. The van der Waals surface area contributed by atoms with Gasteiger partial charge in [0.25, 0.3) is 0 Å². The summed E-state index contributed by atoms with van der Waals surface area (Å²) in [6, 6.07) is 17.1. The standard InChI is InChI=1S/C19H19N3O3/c1-2-11-20-18(23)19(24)22-21-13-16-9-6-10-17(12-16)25-14-15-7-4-3-5-8-15/h2-10,12-13H,1,11,14H2,(H,20,23)(H,22,24)/b21-13-. The third kappa shape index (κ3) is 6.31. The highest BCUT2D eigenvalue weighted by molar-refractivity contribution is 6.35. The van der Waals surface area contributed by atoms with Gasteiger partial charge in [0.2, 0.25) is 0 Å². The van der Waals surface area contributed by atoms with Gasteiger partial charge in [-0.3, -0.25) is 9.59 Å². The number of rotatable bonds is 7. The number of benzene rings is 2. The zero-order valence-corrected chi connectivity index (χ0v) is 13.6. The fourth-order valence-electron chi connectivity index (χ4n) is 1.89. The van der Waals surface area contributed by atoms with Gasteiger partial charge in [-0.05, 0) is 23.3 Å². The van der Waals surface area contributed by atoms with E-state index < -0.39 is 11.8 Å². The van der Waals surface area contributed by atoms with Crippen LogP contribution in [0.15, 0.2) is 72.4 Å². The summed E-state index contributed by atoms with van der Waals surface area (Å²) in [6.07, 6.45) is 2.92. The van der Waals surface area contributed by atoms with Gasteiger partial charge in [-0.1, -0.05) is 48.5 Å². The van der Waals surface area contributed by atoms with Crippen LogP contribution in [0.5, 0.6) is 5.75 Å². The van der Waals surface area contributed by atoms with Crippen LogP contribution in [-0.4, -0.2) is 24.6 Å². The first-order valence-corrected chi connectivity index (χ1v) is 7.68. The number of carbonyl (C=O) groups is 2. The maximum atomic E-state index is 11.5. The molecule has 0 saturated carbocycles. The Kier molecular flexibility index (Phi) is 6.94. The van der Waals surface area contributed by atoms with Crippen molar-refractivity contribution in [1.29, 1.82) is 0 Å². The number of ether oxygens (including phenoxy) is 1. The minimum absolute atomic E-state index is 0.219. The molecule has 2 amide bonds.